The highest BCUT2D eigenvalue weighted by Crippen LogP contribution is 2.31. The average molecular weight is 287 g/mol. The van der Waals surface area contributed by atoms with E-state index in [4.69, 9.17) is 4.52 Å². The van der Waals surface area contributed by atoms with E-state index in [0.29, 0.717) is 11.7 Å². The Bertz CT molecular complexity index is 630. The van der Waals surface area contributed by atoms with Crippen molar-refractivity contribution in [3.63, 3.8) is 0 Å². The SMILES string of the molecule is CC(=O)NC(C)(C)c1noc(C(C)(C)c2ccccc2)n1. The van der Waals surface area contributed by atoms with Gasteiger partial charge in [-0.15, -0.1) is 0 Å². The maximum Gasteiger partial charge on any atom is 0.236 e. The summed E-state index contributed by atoms with van der Waals surface area (Å²) in [6.07, 6.45) is 0. The van der Waals surface area contributed by atoms with Crippen molar-refractivity contribution in [2.24, 2.45) is 0 Å². The molecule has 0 saturated heterocycles. The van der Waals surface area contributed by atoms with E-state index < -0.39 is 11.0 Å². The first kappa shape index (κ1) is 15.2. The Morgan fingerprint density at radius 1 is 1.14 bits per heavy atom. The van der Waals surface area contributed by atoms with Gasteiger partial charge >= 0.3 is 0 Å². The smallest absolute Gasteiger partial charge is 0.236 e. The van der Waals surface area contributed by atoms with Crippen molar-refractivity contribution in [1.29, 1.82) is 0 Å². The molecule has 112 valence electrons. The number of carbonyl (C=O) groups excluding carboxylic acids is 1. The summed E-state index contributed by atoms with van der Waals surface area (Å²) in [6, 6.07) is 10.00. The molecule has 21 heavy (non-hydrogen) atoms. The van der Waals surface area contributed by atoms with Crippen LogP contribution in [0.15, 0.2) is 34.9 Å². The van der Waals surface area contributed by atoms with Crippen LogP contribution in [0.25, 0.3) is 0 Å². The Morgan fingerprint density at radius 3 is 2.33 bits per heavy atom. The maximum absolute atomic E-state index is 11.3. The molecule has 0 atom stereocenters. The zero-order chi connectivity index (χ0) is 15.7. The van der Waals surface area contributed by atoms with E-state index in [9.17, 15) is 4.79 Å². The third-order valence-electron chi connectivity index (χ3n) is 3.50. The van der Waals surface area contributed by atoms with Crippen molar-refractivity contribution in [2.75, 3.05) is 0 Å². The van der Waals surface area contributed by atoms with Crippen molar-refractivity contribution < 1.29 is 9.32 Å². The predicted molar refractivity (Wildman–Crippen MR) is 79.7 cm³/mol. The molecule has 5 nitrogen and oxygen atoms in total. The van der Waals surface area contributed by atoms with Crippen LogP contribution in [0, 0.1) is 0 Å². The Hall–Kier alpha value is -2.17. The molecule has 5 heteroatoms. The van der Waals surface area contributed by atoms with Crippen LogP contribution in [0.3, 0.4) is 0 Å². The zero-order valence-electron chi connectivity index (χ0n) is 13.1. The molecule has 1 aromatic heterocycles. The van der Waals surface area contributed by atoms with Gasteiger partial charge in [0.05, 0.1) is 11.0 Å². The molecule has 2 rings (SSSR count). The predicted octanol–water partition coefficient (Wildman–Crippen LogP) is 2.77. The lowest BCUT2D eigenvalue weighted by molar-refractivity contribution is -0.120. The van der Waals surface area contributed by atoms with E-state index in [0.717, 1.165) is 5.56 Å². The molecule has 1 N–H and O–H groups in total. The Morgan fingerprint density at radius 2 is 1.76 bits per heavy atom. The number of rotatable bonds is 4. The molecule has 0 saturated carbocycles. The van der Waals surface area contributed by atoms with Crippen LogP contribution >= 0.6 is 0 Å². The molecule has 1 heterocycles. The van der Waals surface area contributed by atoms with Crippen LogP contribution in [0.4, 0.5) is 0 Å². The lowest BCUT2D eigenvalue weighted by Crippen LogP contribution is -2.40. The standard InChI is InChI=1S/C16H21N3O2/c1-11(20)18-16(4,5)13-17-14(21-19-13)15(2,3)12-9-7-6-8-10-12/h6-10H,1-5H3,(H,18,20). The molecular weight excluding hydrogens is 266 g/mol. The number of benzene rings is 1. The van der Waals surface area contributed by atoms with E-state index in [1.807, 2.05) is 58.0 Å². The van der Waals surface area contributed by atoms with Crippen molar-refractivity contribution in [1.82, 2.24) is 15.5 Å². The Balaban J connectivity index is 2.34. The number of hydrogen-bond donors (Lipinski definition) is 1. The largest absolute Gasteiger partial charge is 0.344 e. The first-order valence-corrected chi connectivity index (χ1v) is 6.92. The third kappa shape index (κ3) is 3.12. The lowest BCUT2D eigenvalue weighted by Gasteiger charge is -2.22. The fourth-order valence-corrected chi connectivity index (χ4v) is 2.21. The fourth-order valence-electron chi connectivity index (χ4n) is 2.21. The van der Waals surface area contributed by atoms with Gasteiger partial charge in [-0.1, -0.05) is 35.5 Å². The molecule has 0 aliphatic rings. The van der Waals surface area contributed by atoms with E-state index in [1.165, 1.54) is 6.92 Å². The summed E-state index contributed by atoms with van der Waals surface area (Å²) >= 11 is 0. The highest BCUT2D eigenvalue weighted by molar-refractivity contribution is 5.73. The normalized spacial score (nSPS) is 12.2. The van der Waals surface area contributed by atoms with Crippen LogP contribution in [-0.4, -0.2) is 16.0 Å². The summed E-state index contributed by atoms with van der Waals surface area (Å²) < 4.78 is 5.44. The number of hydrogen-bond acceptors (Lipinski definition) is 4. The quantitative estimate of drug-likeness (QED) is 0.939. The summed E-state index contributed by atoms with van der Waals surface area (Å²) in [5, 5.41) is 6.85. The summed E-state index contributed by atoms with van der Waals surface area (Å²) in [5.74, 6) is 0.868. The second-order valence-corrected chi connectivity index (χ2v) is 6.22. The van der Waals surface area contributed by atoms with Gasteiger partial charge < -0.3 is 9.84 Å². The van der Waals surface area contributed by atoms with Gasteiger partial charge in [-0.25, -0.2) is 0 Å². The minimum Gasteiger partial charge on any atom is -0.344 e. The lowest BCUT2D eigenvalue weighted by atomic mass is 9.84. The van der Waals surface area contributed by atoms with Crippen molar-refractivity contribution in [2.45, 2.75) is 45.6 Å². The van der Waals surface area contributed by atoms with E-state index in [1.54, 1.807) is 0 Å². The second kappa shape index (κ2) is 5.31. The van der Waals surface area contributed by atoms with Crippen molar-refractivity contribution in [3.05, 3.63) is 47.6 Å². The second-order valence-electron chi connectivity index (χ2n) is 6.22. The van der Waals surface area contributed by atoms with Crippen LogP contribution in [0.2, 0.25) is 0 Å². The highest BCUT2D eigenvalue weighted by Gasteiger charge is 2.33. The molecule has 0 aliphatic carbocycles. The summed E-state index contributed by atoms with van der Waals surface area (Å²) in [7, 11) is 0. The number of nitrogens with one attached hydrogen (secondary N) is 1. The van der Waals surface area contributed by atoms with Crippen molar-refractivity contribution in [3.8, 4) is 0 Å². The van der Waals surface area contributed by atoms with Gasteiger partial charge in [0.2, 0.25) is 11.8 Å². The maximum atomic E-state index is 11.3. The molecule has 0 unspecified atom stereocenters. The van der Waals surface area contributed by atoms with Crippen LogP contribution < -0.4 is 5.32 Å². The topological polar surface area (TPSA) is 68.0 Å². The summed E-state index contributed by atoms with van der Waals surface area (Å²) in [5.41, 5.74) is 0.0386. The first-order chi connectivity index (χ1) is 9.73. The summed E-state index contributed by atoms with van der Waals surface area (Å²) in [6.45, 7) is 9.23. The van der Waals surface area contributed by atoms with Crippen molar-refractivity contribution >= 4 is 5.91 Å². The number of nitrogens with zero attached hydrogens (tertiary/aromatic N) is 2. The number of amides is 1. The minimum atomic E-state index is -0.666. The van der Waals surface area contributed by atoms with Gasteiger partial charge in [-0.05, 0) is 33.3 Å². The molecule has 0 aliphatic heterocycles. The average Bonchev–Trinajstić information content (AvgIpc) is 2.89. The molecule has 1 amide bonds. The van der Waals surface area contributed by atoms with E-state index >= 15 is 0 Å². The number of carbonyl (C=O) groups is 1. The molecule has 2 aromatic rings. The Labute approximate surface area is 124 Å². The first-order valence-electron chi connectivity index (χ1n) is 6.92. The highest BCUT2D eigenvalue weighted by atomic mass is 16.5. The number of aromatic nitrogens is 2. The van der Waals surface area contributed by atoms with Crippen LogP contribution in [-0.2, 0) is 15.7 Å². The molecular formula is C16H21N3O2. The molecule has 1 aromatic carbocycles. The molecule has 0 spiro atoms. The van der Waals surface area contributed by atoms with Gasteiger partial charge in [-0.2, -0.15) is 4.98 Å². The molecule has 0 bridgehead atoms. The van der Waals surface area contributed by atoms with Gasteiger partial charge in [-0.3, -0.25) is 4.79 Å². The fraction of sp³-hybridized carbons (Fsp3) is 0.438. The van der Waals surface area contributed by atoms with Crippen LogP contribution in [0.1, 0.15) is 51.9 Å². The summed E-state index contributed by atoms with van der Waals surface area (Å²) in [4.78, 5) is 15.8. The van der Waals surface area contributed by atoms with Gasteiger partial charge in [0.25, 0.3) is 0 Å². The zero-order valence-corrected chi connectivity index (χ0v) is 13.1. The molecule has 0 radical (unpaired) electrons. The van der Waals surface area contributed by atoms with Gasteiger partial charge in [0.15, 0.2) is 5.82 Å². The van der Waals surface area contributed by atoms with Gasteiger partial charge in [0.1, 0.15) is 0 Å². The third-order valence-corrected chi connectivity index (χ3v) is 3.50. The minimum absolute atomic E-state index is 0.131. The van der Waals surface area contributed by atoms with E-state index in [2.05, 4.69) is 15.5 Å². The Kier molecular flexibility index (Phi) is 3.85. The van der Waals surface area contributed by atoms with Gasteiger partial charge in [0, 0.05) is 6.92 Å². The monoisotopic (exact) mass is 287 g/mol. The molecule has 0 fully saturated rings. The van der Waals surface area contributed by atoms with E-state index in [-0.39, 0.29) is 5.91 Å². The van der Waals surface area contributed by atoms with Crippen LogP contribution in [0.5, 0.6) is 0 Å².